The molecule has 9 nitrogen and oxygen atoms in total. The number of nitrogens with two attached hydrogens (primary N) is 1. The number of rotatable bonds is 4. The third kappa shape index (κ3) is 3.64. The predicted molar refractivity (Wildman–Crippen MR) is 140 cm³/mol. The Morgan fingerprint density at radius 3 is 2.53 bits per heavy atom. The van der Waals surface area contributed by atoms with Crippen LogP contribution in [0.5, 0.6) is 5.75 Å². The molecule has 38 heavy (non-hydrogen) atoms. The van der Waals surface area contributed by atoms with Crippen molar-refractivity contribution in [3.05, 3.63) is 63.6 Å². The first kappa shape index (κ1) is 24.6. The topological polar surface area (TPSA) is 144 Å². The number of amides is 1. The van der Waals surface area contributed by atoms with E-state index in [0.29, 0.717) is 29.8 Å². The SMILES string of the molecule is CN(C)C1CN(Cc2ccc3cc4c(c(O)c3c2)C(=O)C2=C(O)C3C(=O)C(C(N)=O)=C(O)CC3CC2C4)C1. The van der Waals surface area contributed by atoms with E-state index >= 15 is 0 Å². The van der Waals surface area contributed by atoms with Crippen LogP contribution in [0.25, 0.3) is 10.8 Å². The van der Waals surface area contributed by atoms with E-state index in [1.807, 2.05) is 24.3 Å². The first-order valence-corrected chi connectivity index (χ1v) is 12.9. The summed E-state index contributed by atoms with van der Waals surface area (Å²) in [6.45, 7) is 2.69. The van der Waals surface area contributed by atoms with E-state index in [4.69, 9.17) is 5.73 Å². The molecule has 0 saturated carbocycles. The molecular weight excluding hydrogens is 486 g/mol. The van der Waals surface area contributed by atoms with Crippen molar-refractivity contribution in [3.8, 4) is 5.75 Å². The van der Waals surface area contributed by atoms with E-state index in [1.165, 1.54) is 0 Å². The molecule has 3 aliphatic carbocycles. The summed E-state index contributed by atoms with van der Waals surface area (Å²) in [6, 6.07) is 8.38. The van der Waals surface area contributed by atoms with Gasteiger partial charge in [-0.2, -0.15) is 0 Å². The number of Topliss-reactive ketones (excluding diaryl/α,β-unsaturated/α-hetero) is 2. The molecule has 1 aliphatic heterocycles. The molecule has 0 radical (unpaired) electrons. The first-order chi connectivity index (χ1) is 18.0. The van der Waals surface area contributed by atoms with Crippen LogP contribution in [0.2, 0.25) is 0 Å². The number of phenolic OH excluding ortho intramolecular Hbond substituents is 1. The second-order valence-corrected chi connectivity index (χ2v) is 11.4. The number of fused-ring (bicyclic) bond motifs is 4. The quantitative estimate of drug-likeness (QED) is 0.453. The summed E-state index contributed by atoms with van der Waals surface area (Å²) >= 11 is 0. The Balaban J connectivity index is 1.36. The monoisotopic (exact) mass is 517 g/mol. The molecule has 1 fully saturated rings. The largest absolute Gasteiger partial charge is 0.511 e. The molecule has 2 aromatic carbocycles. The zero-order valence-electron chi connectivity index (χ0n) is 21.4. The highest BCUT2D eigenvalue weighted by Crippen LogP contribution is 2.50. The molecule has 5 N–H and O–H groups in total. The molecule has 3 atom stereocenters. The van der Waals surface area contributed by atoms with Gasteiger partial charge in [0.25, 0.3) is 5.91 Å². The Bertz CT molecular complexity index is 1480. The number of hydrogen-bond acceptors (Lipinski definition) is 8. The maximum absolute atomic E-state index is 13.7. The smallest absolute Gasteiger partial charge is 0.255 e. The van der Waals surface area contributed by atoms with Crippen molar-refractivity contribution in [2.45, 2.75) is 31.8 Å². The van der Waals surface area contributed by atoms with Crippen molar-refractivity contribution in [2.75, 3.05) is 27.2 Å². The van der Waals surface area contributed by atoms with Crippen LogP contribution in [0.15, 0.2) is 46.9 Å². The predicted octanol–water partition coefficient (Wildman–Crippen LogP) is 2.36. The Morgan fingerprint density at radius 1 is 1.11 bits per heavy atom. The number of benzene rings is 2. The lowest BCUT2D eigenvalue weighted by molar-refractivity contribution is -0.126. The second kappa shape index (κ2) is 8.68. The van der Waals surface area contributed by atoms with Gasteiger partial charge in [-0.05, 0) is 61.4 Å². The van der Waals surface area contributed by atoms with Crippen molar-refractivity contribution < 1.29 is 29.7 Å². The van der Waals surface area contributed by atoms with Crippen molar-refractivity contribution >= 4 is 28.2 Å². The first-order valence-electron chi connectivity index (χ1n) is 12.9. The van der Waals surface area contributed by atoms with Gasteiger partial charge in [-0.15, -0.1) is 0 Å². The fraction of sp³-hybridized carbons (Fsp3) is 0.414. The van der Waals surface area contributed by atoms with Gasteiger partial charge >= 0.3 is 0 Å². The highest BCUT2D eigenvalue weighted by Gasteiger charge is 2.50. The normalized spacial score (nSPS) is 25.9. The summed E-state index contributed by atoms with van der Waals surface area (Å²) in [4.78, 5) is 43.1. The maximum atomic E-state index is 13.7. The van der Waals surface area contributed by atoms with Crippen LogP contribution in [0.4, 0.5) is 0 Å². The van der Waals surface area contributed by atoms with Crippen LogP contribution in [-0.2, 0) is 22.6 Å². The maximum Gasteiger partial charge on any atom is 0.255 e. The van der Waals surface area contributed by atoms with Crippen LogP contribution in [0.1, 0.15) is 34.3 Å². The molecule has 2 aromatic rings. The summed E-state index contributed by atoms with van der Waals surface area (Å²) in [7, 11) is 4.14. The minimum Gasteiger partial charge on any atom is -0.511 e. The fourth-order valence-corrected chi connectivity index (χ4v) is 6.81. The minimum absolute atomic E-state index is 0.0294. The number of carbonyl (C=O) groups is 3. The molecule has 0 spiro atoms. The average Bonchev–Trinajstić information content (AvgIpc) is 2.80. The number of primary amides is 1. The summed E-state index contributed by atoms with van der Waals surface area (Å²) in [5, 5.41) is 34.2. The van der Waals surface area contributed by atoms with Crippen LogP contribution in [0, 0.1) is 17.8 Å². The lowest BCUT2D eigenvalue weighted by Crippen LogP contribution is -2.56. The molecule has 9 heteroatoms. The highest BCUT2D eigenvalue weighted by molar-refractivity contribution is 6.22. The van der Waals surface area contributed by atoms with E-state index in [0.717, 1.165) is 30.6 Å². The number of nitrogens with zero attached hydrogens (tertiary/aromatic N) is 2. The van der Waals surface area contributed by atoms with Crippen molar-refractivity contribution in [3.63, 3.8) is 0 Å². The molecule has 198 valence electrons. The summed E-state index contributed by atoms with van der Waals surface area (Å²) < 4.78 is 0. The third-order valence-corrected chi connectivity index (χ3v) is 8.83. The standard InChI is InChI=1S/C29H31N3O6/c1-31(2)18-11-32(12-18)10-13-3-4-14-6-15-7-16-8-17-9-20(33)24(29(30)38)28(37)23(17)27(36)22(16)26(35)21(15)25(34)19(14)5-13/h3-6,16-18,23,33-34,36H,7-12H2,1-2H3,(H2,30,38). The average molecular weight is 518 g/mol. The van der Waals surface area contributed by atoms with Gasteiger partial charge in [-0.1, -0.05) is 18.2 Å². The van der Waals surface area contributed by atoms with Crippen LogP contribution >= 0.6 is 0 Å². The number of likely N-dealkylation sites (N-methyl/N-ethyl adjacent to an activating group) is 1. The molecule has 1 saturated heterocycles. The Labute approximate surface area is 219 Å². The zero-order valence-corrected chi connectivity index (χ0v) is 21.4. The fourth-order valence-electron chi connectivity index (χ4n) is 6.81. The van der Waals surface area contributed by atoms with Gasteiger partial charge in [-0.25, -0.2) is 0 Å². The van der Waals surface area contributed by atoms with Crippen molar-refractivity contribution in [1.29, 1.82) is 0 Å². The molecule has 1 heterocycles. The highest BCUT2D eigenvalue weighted by atomic mass is 16.3. The van der Waals surface area contributed by atoms with Gasteiger partial charge in [0.1, 0.15) is 22.8 Å². The molecule has 4 aliphatic rings. The number of aliphatic hydroxyl groups excluding tert-OH is 2. The van der Waals surface area contributed by atoms with Gasteiger partial charge in [0.15, 0.2) is 11.6 Å². The van der Waals surface area contributed by atoms with E-state index in [2.05, 4.69) is 23.9 Å². The molecule has 6 rings (SSSR count). The third-order valence-electron chi connectivity index (χ3n) is 8.83. The number of ketones is 2. The number of hydrogen-bond donors (Lipinski definition) is 4. The van der Waals surface area contributed by atoms with Crippen molar-refractivity contribution in [2.24, 2.45) is 23.5 Å². The van der Waals surface area contributed by atoms with Crippen LogP contribution < -0.4 is 5.73 Å². The van der Waals surface area contributed by atoms with E-state index < -0.39 is 34.9 Å². The number of aromatic hydroxyl groups is 1. The Hall–Kier alpha value is -3.69. The number of allylic oxidation sites excluding steroid dienone is 3. The number of likely N-dealkylation sites (tertiary alicyclic amines) is 1. The lowest BCUT2D eigenvalue weighted by Gasteiger charge is -2.42. The number of carbonyl (C=O) groups excluding carboxylic acids is 3. The minimum atomic E-state index is -1.11. The Kier molecular flexibility index (Phi) is 5.62. The molecule has 3 unspecified atom stereocenters. The molecule has 1 amide bonds. The number of phenols is 1. The van der Waals surface area contributed by atoms with E-state index in [1.54, 1.807) is 0 Å². The zero-order chi connectivity index (χ0) is 27.0. The summed E-state index contributed by atoms with van der Waals surface area (Å²) in [5.74, 6) is -5.09. The van der Waals surface area contributed by atoms with Crippen LogP contribution in [0.3, 0.4) is 0 Å². The Morgan fingerprint density at radius 2 is 1.84 bits per heavy atom. The van der Waals surface area contributed by atoms with Gasteiger partial charge in [-0.3, -0.25) is 19.3 Å². The number of aliphatic hydroxyl groups is 2. The summed E-state index contributed by atoms with van der Waals surface area (Å²) in [5.41, 5.74) is 6.79. The van der Waals surface area contributed by atoms with Gasteiger partial charge in [0.2, 0.25) is 0 Å². The summed E-state index contributed by atoms with van der Waals surface area (Å²) in [6.07, 6.45) is 0.830. The van der Waals surface area contributed by atoms with Gasteiger partial charge in [0, 0.05) is 43.1 Å². The van der Waals surface area contributed by atoms with Crippen LogP contribution in [-0.4, -0.2) is 75.8 Å². The molecular formula is C29H31N3O6. The van der Waals surface area contributed by atoms with Gasteiger partial charge < -0.3 is 26.0 Å². The lowest BCUT2D eigenvalue weighted by atomic mass is 9.62. The molecule has 0 aromatic heterocycles. The van der Waals surface area contributed by atoms with Gasteiger partial charge in [0.05, 0.1) is 11.5 Å². The van der Waals surface area contributed by atoms with Crippen molar-refractivity contribution in [1.82, 2.24) is 9.80 Å². The van der Waals surface area contributed by atoms with E-state index in [9.17, 15) is 29.7 Å². The van der Waals surface area contributed by atoms with E-state index in [-0.39, 0.29) is 40.7 Å². The second-order valence-electron chi connectivity index (χ2n) is 11.4. The molecule has 0 bridgehead atoms.